The molecule has 0 aromatic carbocycles. The van der Waals surface area contributed by atoms with Crippen LogP contribution in [0.2, 0.25) is 0 Å². The summed E-state index contributed by atoms with van der Waals surface area (Å²) >= 11 is 0. The quantitative estimate of drug-likeness (QED) is 0.735. The summed E-state index contributed by atoms with van der Waals surface area (Å²) in [5.74, 6) is 0.163. The lowest BCUT2D eigenvalue weighted by Gasteiger charge is -2.30. The topological polar surface area (TPSA) is 77.3 Å². The highest BCUT2D eigenvalue weighted by Crippen LogP contribution is 2.25. The summed E-state index contributed by atoms with van der Waals surface area (Å²) in [6.45, 7) is 11.5. The highest BCUT2D eigenvalue weighted by Gasteiger charge is 2.23. The molecule has 0 bridgehead atoms. The van der Waals surface area contributed by atoms with Crippen molar-refractivity contribution in [3.8, 4) is 0 Å². The predicted octanol–water partition coefficient (Wildman–Crippen LogP) is 3.55. The third-order valence-electron chi connectivity index (χ3n) is 5.35. The van der Waals surface area contributed by atoms with E-state index in [1.807, 2.05) is 27.7 Å². The van der Waals surface area contributed by atoms with Crippen LogP contribution >= 0.6 is 0 Å². The normalized spacial score (nSPS) is 15.6. The van der Waals surface area contributed by atoms with E-state index in [2.05, 4.69) is 12.0 Å². The fourth-order valence-corrected chi connectivity index (χ4v) is 3.43. The maximum absolute atomic E-state index is 12.8. The molecule has 0 radical (unpaired) electrons. The van der Waals surface area contributed by atoms with Crippen molar-refractivity contribution in [2.75, 3.05) is 19.7 Å². The first kappa shape index (κ1) is 20.3. The first-order valence-electron chi connectivity index (χ1n) is 10.1. The Hall–Kier alpha value is -2.44. The molecular weight excluding hydrogens is 356 g/mol. The Balaban J connectivity index is 1.80. The third-order valence-corrected chi connectivity index (χ3v) is 5.35. The molecule has 2 aromatic heterocycles. The molecule has 0 atom stereocenters. The molecule has 0 aliphatic carbocycles. The van der Waals surface area contributed by atoms with Crippen molar-refractivity contribution in [1.82, 2.24) is 19.7 Å². The van der Waals surface area contributed by atoms with Gasteiger partial charge in [0.05, 0.1) is 17.1 Å². The maximum atomic E-state index is 12.8. The molecule has 1 aliphatic heterocycles. The zero-order valence-electron chi connectivity index (χ0n) is 17.4. The van der Waals surface area contributed by atoms with Gasteiger partial charge in [-0.05, 0) is 44.6 Å². The second-order valence-electron chi connectivity index (χ2n) is 8.31. The molecule has 152 valence electrons. The fraction of sp³-hybridized carbons (Fsp3) is 0.619. The summed E-state index contributed by atoms with van der Waals surface area (Å²) in [5.41, 5.74) is 1.89. The van der Waals surface area contributed by atoms with E-state index in [-0.39, 0.29) is 24.5 Å². The zero-order chi connectivity index (χ0) is 20.4. The Morgan fingerprint density at radius 2 is 1.89 bits per heavy atom. The van der Waals surface area contributed by atoms with E-state index in [1.165, 1.54) is 0 Å². The highest BCUT2D eigenvalue weighted by molar-refractivity contribution is 6.03. The van der Waals surface area contributed by atoms with Crippen molar-refractivity contribution in [3.05, 3.63) is 23.5 Å². The zero-order valence-corrected chi connectivity index (χ0v) is 17.4. The summed E-state index contributed by atoms with van der Waals surface area (Å²) in [7, 11) is 0. The number of aromatic nitrogens is 3. The van der Waals surface area contributed by atoms with Crippen molar-refractivity contribution < 1.29 is 14.3 Å². The van der Waals surface area contributed by atoms with E-state index in [0.29, 0.717) is 22.5 Å². The van der Waals surface area contributed by atoms with E-state index in [0.717, 1.165) is 31.6 Å². The Kier molecular flexibility index (Phi) is 6.01. The molecule has 1 fully saturated rings. The molecule has 0 N–H and O–H groups in total. The molecular formula is C21H30N4O3. The Bertz CT molecular complexity index is 864. The second-order valence-corrected chi connectivity index (χ2v) is 8.31. The number of amides is 1. The Labute approximate surface area is 166 Å². The van der Waals surface area contributed by atoms with E-state index in [4.69, 9.17) is 9.72 Å². The van der Waals surface area contributed by atoms with Crippen LogP contribution in [0.4, 0.5) is 0 Å². The number of carbonyl (C=O) groups excluding carboxylic acids is 2. The van der Waals surface area contributed by atoms with Crippen LogP contribution in [0.1, 0.15) is 75.5 Å². The summed E-state index contributed by atoms with van der Waals surface area (Å²) in [6, 6.07) is 1.88. The van der Waals surface area contributed by atoms with Crippen molar-refractivity contribution in [3.63, 3.8) is 0 Å². The molecule has 7 nitrogen and oxygen atoms in total. The summed E-state index contributed by atoms with van der Waals surface area (Å²) in [5, 5.41) is 5.04. The Morgan fingerprint density at radius 1 is 1.21 bits per heavy atom. The van der Waals surface area contributed by atoms with Gasteiger partial charge in [0, 0.05) is 24.8 Å². The van der Waals surface area contributed by atoms with Crippen molar-refractivity contribution in [2.24, 2.45) is 5.92 Å². The van der Waals surface area contributed by atoms with Crippen molar-refractivity contribution in [2.45, 2.75) is 59.4 Å². The van der Waals surface area contributed by atoms with Crippen LogP contribution in [-0.4, -0.2) is 51.2 Å². The number of likely N-dealkylation sites (tertiary alicyclic amines) is 1. The molecule has 1 amide bonds. The third kappa shape index (κ3) is 4.18. The van der Waals surface area contributed by atoms with Gasteiger partial charge in [0.1, 0.15) is 0 Å². The lowest BCUT2D eigenvalue weighted by atomic mass is 9.99. The average Bonchev–Trinajstić information content (AvgIpc) is 3.09. The fourth-order valence-electron chi connectivity index (χ4n) is 3.43. The van der Waals surface area contributed by atoms with Crippen LogP contribution in [0.15, 0.2) is 12.3 Å². The largest absolute Gasteiger partial charge is 0.452 e. The van der Waals surface area contributed by atoms with E-state index in [1.54, 1.807) is 21.8 Å². The second kappa shape index (κ2) is 8.29. The minimum atomic E-state index is -0.503. The van der Waals surface area contributed by atoms with Gasteiger partial charge < -0.3 is 9.64 Å². The van der Waals surface area contributed by atoms with Crippen LogP contribution in [0.25, 0.3) is 11.0 Å². The highest BCUT2D eigenvalue weighted by atomic mass is 16.5. The molecule has 28 heavy (non-hydrogen) atoms. The minimum absolute atomic E-state index is 0.124. The van der Waals surface area contributed by atoms with Crippen molar-refractivity contribution >= 4 is 22.9 Å². The molecule has 1 aliphatic rings. The number of esters is 1. The van der Waals surface area contributed by atoms with Gasteiger partial charge in [0.2, 0.25) is 0 Å². The van der Waals surface area contributed by atoms with E-state index >= 15 is 0 Å². The molecule has 7 heteroatoms. The number of hydrogen-bond acceptors (Lipinski definition) is 5. The number of piperidine rings is 1. The number of ether oxygens (including phenoxy) is 1. The number of nitrogens with zero attached hydrogens (tertiary/aromatic N) is 4. The molecule has 1 saturated heterocycles. The van der Waals surface area contributed by atoms with E-state index in [9.17, 15) is 9.59 Å². The summed E-state index contributed by atoms with van der Waals surface area (Å²) < 4.78 is 7.19. The van der Waals surface area contributed by atoms with Gasteiger partial charge in [0.15, 0.2) is 12.3 Å². The molecule has 3 heterocycles. The first-order chi connectivity index (χ1) is 13.3. The standard InChI is InChI=1S/C21H30N4O3/c1-13(2)18-10-16(17-11-22-25(14(3)4)20(17)23-18)21(27)28-12-19(26)24-8-6-15(5)7-9-24/h10-11,13-15H,6-9,12H2,1-5H3. The lowest BCUT2D eigenvalue weighted by Crippen LogP contribution is -2.40. The molecule has 0 spiro atoms. The monoisotopic (exact) mass is 386 g/mol. The number of rotatable bonds is 5. The average molecular weight is 386 g/mol. The molecule has 0 saturated carbocycles. The van der Waals surface area contributed by atoms with Crippen LogP contribution in [-0.2, 0) is 9.53 Å². The lowest BCUT2D eigenvalue weighted by molar-refractivity contribution is -0.135. The molecule has 0 unspecified atom stereocenters. The SMILES string of the molecule is CC1CCN(C(=O)COC(=O)c2cc(C(C)C)nc3c2cnn3C(C)C)CC1. The van der Waals surface area contributed by atoms with Gasteiger partial charge in [-0.2, -0.15) is 5.10 Å². The van der Waals surface area contributed by atoms with Gasteiger partial charge in [-0.15, -0.1) is 0 Å². The number of hydrogen-bond donors (Lipinski definition) is 0. The molecule has 3 rings (SSSR count). The van der Waals surface area contributed by atoms with Crippen molar-refractivity contribution in [1.29, 1.82) is 0 Å². The number of pyridine rings is 1. The van der Waals surface area contributed by atoms with Crippen LogP contribution in [0.3, 0.4) is 0 Å². The predicted molar refractivity (Wildman–Crippen MR) is 107 cm³/mol. The van der Waals surface area contributed by atoms with Gasteiger partial charge in [-0.1, -0.05) is 20.8 Å². The Morgan fingerprint density at radius 3 is 2.50 bits per heavy atom. The van der Waals surface area contributed by atoms with E-state index < -0.39 is 5.97 Å². The summed E-state index contributed by atoms with van der Waals surface area (Å²) in [6.07, 6.45) is 3.64. The maximum Gasteiger partial charge on any atom is 0.339 e. The number of fused-ring (bicyclic) bond motifs is 1. The van der Waals surface area contributed by atoms with Gasteiger partial charge >= 0.3 is 5.97 Å². The number of carbonyl (C=O) groups is 2. The van der Waals surface area contributed by atoms with Gasteiger partial charge in [0.25, 0.3) is 5.91 Å². The smallest absolute Gasteiger partial charge is 0.339 e. The van der Waals surface area contributed by atoms with Crippen LogP contribution in [0.5, 0.6) is 0 Å². The van der Waals surface area contributed by atoms with Crippen LogP contribution < -0.4 is 0 Å². The van der Waals surface area contributed by atoms with Gasteiger partial charge in [-0.25, -0.2) is 14.5 Å². The van der Waals surface area contributed by atoms with Gasteiger partial charge in [-0.3, -0.25) is 4.79 Å². The minimum Gasteiger partial charge on any atom is -0.452 e. The summed E-state index contributed by atoms with van der Waals surface area (Å²) in [4.78, 5) is 31.7. The molecule has 2 aromatic rings. The van der Waals surface area contributed by atoms with Crippen LogP contribution in [0, 0.1) is 5.92 Å². The first-order valence-corrected chi connectivity index (χ1v) is 10.1.